The first-order chi connectivity index (χ1) is 13.5. The van der Waals surface area contributed by atoms with E-state index in [-0.39, 0.29) is 0 Å². The van der Waals surface area contributed by atoms with Gasteiger partial charge in [-0.2, -0.15) is 10.2 Å². The first-order valence-electron chi connectivity index (χ1n) is 8.72. The molecule has 0 aliphatic heterocycles. The Hall–Kier alpha value is -2.82. The largest absolute Gasteiger partial charge is 0.278 e. The minimum absolute atomic E-state index is 0.709. The van der Waals surface area contributed by atoms with Crippen molar-refractivity contribution in [2.24, 2.45) is 10.2 Å². The van der Waals surface area contributed by atoms with Gasteiger partial charge in [0.15, 0.2) is 0 Å². The summed E-state index contributed by atoms with van der Waals surface area (Å²) in [4.78, 5) is 0. The molecule has 28 heavy (non-hydrogen) atoms. The van der Waals surface area contributed by atoms with Crippen molar-refractivity contribution >= 4 is 47.0 Å². The van der Waals surface area contributed by atoms with Crippen molar-refractivity contribution in [1.29, 1.82) is 0 Å². The Morgan fingerprint density at radius 1 is 0.679 bits per heavy atom. The smallest absolute Gasteiger partial charge is 0.0576 e. The highest BCUT2D eigenvalue weighted by molar-refractivity contribution is 6.31. The van der Waals surface area contributed by atoms with Crippen molar-refractivity contribution in [3.63, 3.8) is 0 Å². The summed E-state index contributed by atoms with van der Waals surface area (Å²) < 4.78 is 0. The summed E-state index contributed by atoms with van der Waals surface area (Å²) in [6.45, 7) is 3.93. The maximum absolute atomic E-state index is 6.12. The molecule has 0 aliphatic rings. The number of halogens is 2. The molecule has 0 radical (unpaired) electrons. The fourth-order valence-electron chi connectivity index (χ4n) is 2.41. The Kier molecular flexibility index (Phi) is 6.69. The molecule has 0 saturated heterocycles. The standard InChI is InChI=1S/C22H20Cl2N4/c1-15-6-8-19(11-21(15)23)27-25-13-17-4-3-5-18(10-17)14-26-28-20-9-7-16(2)22(24)12-20/h3-14,27-28H,1-2H3/b25-13+,26-14+. The molecule has 2 N–H and O–H groups in total. The van der Waals surface area contributed by atoms with Crippen LogP contribution in [-0.2, 0) is 0 Å². The van der Waals surface area contributed by atoms with Crippen LogP contribution < -0.4 is 10.9 Å². The summed E-state index contributed by atoms with van der Waals surface area (Å²) in [7, 11) is 0. The van der Waals surface area contributed by atoms with Crippen LogP contribution in [0.15, 0.2) is 70.9 Å². The lowest BCUT2D eigenvalue weighted by Gasteiger charge is -2.03. The first-order valence-corrected chi connectivity index (χ1v) is 9.47. The van der Waals surface area contributed by atoms with Gasteiger partial charge >= 0.3 is 0 Å². The average molecular weight is 411 g/mol. The summed E-state index contributed by atoms with van der Waals surface area (Å²) in [6.07, 6.45) is 3.50. The van der Waals surface area contributed by atoms with Gasteiger partial charge in [0.1, 0.15) is 0 Å². The summed E-state index contributed by atoms with van der Waals surface area (Å²) >= 11 is 12.2. The van der Waals surface area contributed by atoms with E-state index in [1.165, 1.54) is 0 Å². The van der Waals surface area contributed by atoms with Crippen molar-refractivity contribution in [3.8, 4) is 0 Å². The lowest BCUT2D eigenvalue weighted by atomic mass is 10.1. The van der Waals surface area contributed by atoms with Gasteiger partial charge < -0.3 is 0 Å². The summed E-state index contributed by atoms with van der Waals surface area (Å²) in [6, 6.07) is 19.3. The number of aryl methyl sites for hydroxylation is 2. The van der Waals surface area contributed by atoms with E-state index in [0.29, 0.717) is 10.0 Å². The van der Waals surface area contributed by atoms with Gasteiger partial charge in [-0.1, -0.05) is 53.5 Å². The van der Waals surface area contributed by atoms with E-state index in [0.717, 1.165) is 33.6 Å². The fraction of sp³-hybridized carbons (Fsp3) is 0.0909. The number of anilines is 2. The predicted octanol–water partition coefficient (Wildman–Crippen LogP) is 6.50. The van der Waals surface area contributed by atoms with Crippen molar-refractivity contribution in [1.82, 2.24) is 0 Å². The number of hydrazone groups is 2. The third-order valence-corrected chi connectivity index (χ3v) is 4.88. The number of rotatable bonds is 6. The van der Waals surface area contributed by atoms with Crippen LogP contribution in [0.1, 0.15) is 22.3 Å². The van der Waals surface area contributed by atoms with Crippen LogP contribution in [0.4, 0.5) is 11.4 Å². The molecule has 0 bridgehead atoms. The van der Waals surface area contributed by atoms with Crippen molar-refractivity contribution < 1.29 is 0 Å². The Balaban J connectivity index is 1.61. The lowest BCUT2D eigenvalue weighted by Crippen LogP contribution is -1.93. The van der Waals surface area contributed by atoms with Gasteiger partial charge in [-0.3, -0.25) is 10.9 Å². The molecule has 0 aliphatic carbocycles. The van der Waals surface area contributed by atoms with Gasteiger partial charge in [-0.15, -0.1) is 0 Å². The van der Waals surface area contributed by atoms with Crippen LogP contribution in [0.3, 0.4) is 0 Å². The molecular weight excluding hydrogens is 391 g/mol. The maximum Gasteiger partial charge on any atom is 0.0576 e. The van der Waals surface area contributed by atoms with Gasteiger partial charge in [-0.05, 0) is 66.4 Å². The third kappa shape index (κ3) is 5.59. The van der Waals surface area contributed by atoms with Crippen molar-refractivity contribution in [3.05, 3.63) is 93.0 Å². The highest BCUT2D eigenvalue weighted by Gasteiger charge is 1.98. The van der Waals surface area contributed by atoms with Crippen molar-refractivity contribution in [2.75, 3.05) is 10.9 Å². The molecule has 0 aromatic heterocycles. The minimum Gasteiger partial charge on any atom is -0.278 e. The molecule has 0 spiro atoms. The molecular formula is C22H20Cl2N4. The number of nitrogens with one attached hydrogen (secondary N) is 2. The number of hydrogen-bond acceptors (Lipinski definition) is 4. The zero-order chi connectivity index (χ0) is 19.9. The van der Waals surface area contributed by atoms with Gasteiger partial charge in [0.25, 0.3) is 0 Å². The number of hydrogen-bond donors (Lipinski definition) is 2. The average Bonchev–Trinajstić information content (AvgIpc) is 2.68. The van der Waals surface area contributed by atoms with E-state index in [4.69, 9.17) is 23.2 Å². The zero-order valence-corrected chi connectivity index (χ0v) is 17.1. The molecule has 0 amide bonds. The quantitative estimate of drug-likeness (QED) is 0.359. The minimum atomic E-state index is 0.709. The predicted molar refractivity (Wildman–Crippen MR) is 121 cm³/mol. The van der Waals surface area contributed by atoms with E-state index in [1.807, 2.05) is 74.5 Å². The third-order valence-electron chi connectivity index (χ3n) is 4.07. The van der Waals surface area contributed by atoms with E-state index >= 15 is 0 Å². The molecule has 0 atom stereocenters. The summed E-state index contributed by atoms with van der Waals surface area (Å²) in [5, 5.41) is 9.94. The van der Waals surface area contributed by atoms with Gasteiger partial charge in [0, 0.05) is 10.0 Å². The topological polar surface area (TPSA) is 48.8 Å². The zero-order valence-electron chi connectivity index (χ0n) is 15.6. The Morgan fingerprint density at radius 2 is 1.14 bits per heavy atom. The maximum atomic E-state index is 6.12. The van der Waals surface area contributed by atoms with Crippen LogP contribution in [-0.4, -0.2) is 12.4 Å². The van der Waals surface area contributed by atoms with Gasteiger partial charge in [-0.25, -0.2) is 0 Å². The van der Waals surface area contributed by atoms with Crippen LogP contribution >= 0.6 is 23.2 Å². The molecule has 0 fully saturated rings. The number of nitrogens with zero attached hydrogens (tertiary/aromatic N) is 2. The molecule has 0 heterocycles. The molecule has 4 nitrogen and oxygen atoms in total. The SMILES string of the molecule is Cc1ccc(N/N=C/c2cccc(/C=N/Nc3ccc(C)c(Cl)c3)c2)cc1Cl. The molecule has 3 rings (SSSR count). The van der Waals surface area contributed by atoms with Crippen LogP contribution in [0.2, 0.25) is 10.0 Å². The Morgan fingerprint density at radius 3 is 1.57 bits per heavy atom. The summed E-state index contributed by atoms with van der Waals surface area (Å²) in [5.41, 5.74) is 11.6. The summed E-state index contributed by atoms with van der Waals surface area (Å²) in [5.74, 6) is 0. The Bertz CT molecular complexity index is 950. The van der Waals surface area contributed by atoms with Crippen molar-refractivity contribution in [2.45, 2.75) is 13.8 Å². The molecule has 0 unspecified atom stereocenters. The second-order valence-corrected chi connectivity index (χ2v) is 7.15. The number of benzene rings is 3. The van der Waals surface area contributed by atoms with Gasteiger partial charge in [0.05, 0.1) is 23.8 Å². The highest BCUT2D eigenvalue weighted by atomic mass is 35.5. The highest BCUT2D eigenvalue weighted by Crippen LogP contribution is 2.20. The second-order valence-electron chi connectivity index (χ2n) is 6.34. The second kappa shape index (κ2) is 9.40. The fourth-order valence-corrected chi connectivity index (χ4v) is 2.77. The van der Waals surface area contributed by atoms with Crippen LogP contribution in [0.25, 0.3) is 0 Å². The molecule has 3 aromatic rings. The Labute approximate surface area is 174 Å². The first kappa shape index (κ1) is 19.9. The normalized spacial score (nSPS) is 11.3. The monoisotopic (exact) mass is 410 g/mol. The molecule has 142 valence electrons. The molecule has 6 heteroatoms. The van der Waals surface area contributed by atoms with E-state index < -0.39 is 0 Å². The van der Waals surface area contributed by atoms with E-state index in [2.05, 4.69) is 21.1 Å². The van der Waals surface area contributed by atoms with E-state index in [1.54, 1.807) is 12.4 Å². The van der Waals surface area contributed by atoms with Crippen LogP contribution in [0.5, 0.6) is 0 Å². The van der Waals surface area contributed by atoms with E-state index in [9.17, 15) is 0 Å². The van der Waals surface area contributed by atoms with Crippen LogP contribution in [0, 0.1) is 13.8 Å². The molecule has 3 aromatic carbocycles. The molecule has 0 saturated carbocycles. The lowest BCUT2D eigenvalue weighted by molar-refractivity contribution is 1.33. The van der Waals surface area contributed by atoms with Gasteiger partial charge in [0.2, 0.25) is 0 Å².